The van der Waals surface area contributed by atoms with Gasteiger partial charge in [0.05, 0.1) is 11.5 Å². The number of nitrogens with zero attached hydrogens (tertiary/aromatic N) is 1. The lowest BCUT2D eigenvalue weighted by Crippen LogP contribution is -2.20. The fraction of sp³-hybridized carbons (Fsp3) is 0.625. The van der Waals surface area contributed by atoms with Crippen molar-refractivity contribution in [3.05, 3.63) is 21.9 Å². The van der Waals surface area contributed by atoms with Gasteiger partial charge in [0.15, 0.2) is 0 Å². The van der Waals surface area contributed by atoms with Crippen LogP contribution in [0, 0.1) is 23.7 Å². The Morgan fingerprint density at radius 3 is 2.79 bits per heavy atom. The molecule has 0 aromatic carbocycles. The van der Waals surface area contributed by atoms with Crippen LogP contribution in [0.1, 0.15) is 35.4 Å². The SMILES string of the molecule is OCCC#Cc1ccc(CN2CC3CCCC3C2)s1. The lowest BCUT2D eigenvalue weighted by molar-refractivity contribution is 0.305. The topological polar surface area (TPSA) is 23.5 Å². The fourth-order valence-electron chi connectivity index (χ4n) is 3.42. The van der Waals surface area contributed by atoms with Gasteiger partial charge in [-0.3, -0.25) is 4.90 Å². The molecule has 3 rings (SSSR count). The second-order valence-corrected chi connectivity index (χ2v) is 6.85. The first-order chi connectivity index (χ1) is 9.35. The van der Waals surface area contributed by atoms with Gasteiger partial charge in [-0.1, -0.05) is 18.3 Å². The molecule has 2 heterocycles. The van der Waals surface area contributed by atoms with E-state index in [4.69, 9.17) is 5.11 Å². The zero-order valence-electron chi connectivity index (χ0n) is 11.3. The summed E-state index contributed by atoms with van der Waals surface area (Å²) in [6.45, 7) is 3.85. The Labute approximate surface area is 119 Å². The molecule has 1 N–H and O–H groups in total. The third-order valence-corrected chi connectivity index (χ3v) is 5.28. The maximum Gasteiger partial charge on any atom is 0.0771 e. The molecule has 0 spiro atoms. The minimum absolute atomic E-state index is 0.155. The molecular formula is C16H21NOS. The predicted octanol–water partition coefficient (Wildman–Crippen LogP) is 2.71. The number of rotatable bonds is 3. The summed E-state index contributed by atoms with van der Waals surface area (Å²) in [5.74, 6) is 8.06. The van der Waals surface area contributed by atoms with E-state index in [0.717, 1.165) is 23.3 Å². The first kappa shape index (κ1) is 13.2. The van der Waals surface area contributed by atoms with Gasteiger partial charge in [-0.05, 0) is 36.8 Å². The van der Waals surface area contributed by atoms with E-state index < -0.39 is 0 Å². The van der Waals surface area contributed by atoms with E-state index in [-0.39, 0.29) is 6.61 Å². The predicted molar refractivity (Wildman–Crippen MR) is 79.0 cm³/mol. The normalized spacial score (nSPS) is 26.2. The summed E-state index contributed by atoms with van der Waals surface area (Å²) < 4.78 is 0. The molecule has 0 radical (unpaired) electrons. The van der Waals surface area contributed by atoms with Crippen molar-refractivity contribution in [2.24, 2.45) is 11.8 Å². The summed E-state index contributed by atoms with van der Waals surface area (Å²) in [5.41, 5.74) is 0. The summed E-state index contributed by atoms with van der Waals surface area (Å²) in [6.07, 6.45) is 4.92. The highest BCUT2D eigenvalue weighted by molar-refractivity contribution is 7.12. The second-order valence-electron chi connectivity index (χ2n) is 5.69. The van der Waals surface area contributed by atoms with E-state index in [0.29, 0.717) is 6.42 Å². The number of aliphatic hydroxyl groups excluding tert-OH is 1. The van der Waals surface area contributed by atoms with E-state index in [2.05, 4.69) is 28.9 Å². The Morgan fingerprint density at radius 1 is 1.26 bits per heavy atom. The number of fused-ring (bicyclic) bond motifs is 1. The minimum Gasteiger partial charge on any atom is -0.395 e. The van der Waals surface area contributed by atoms with Crippen LogP contribution in [0.15, 0.2) is 12.1 Å². The van der Waals surface area contributed by atoms with E-state index >= 15 is 0 Å². The van der Waals surface area contributed by atoms with Crippen LogP contribution in [0.2, 0.25) is 0 Å². The van der Waals surface area contributed by atoms with Crippen molar-refractivity contribution in [3.8, 4) is 11.8 Å². The molecule has 0 amide bonds. The summed E-state index contributed by atoms with van der Waals surface area (Å²) in [7, 11) is 0. The molecule has 19 heavy (non-hydrogen) atoms. The Balaban J connectivity index is 1.55. The van der Waals surface area contributed by atoms with Crippen LogP contribution in [-0.4, -0.2) is 29.7 Å². The summed E-state index contributed by atoms with van der Waals surface area (Å²) in [4.78, 5) is 5.17. The monoisotopic (exact) mass is 275 g/mol. The van der Waals surface area contributed by atoms with Gasteiger partial charge in [0, 0.05) is 30.9 Å². The van der Waals surface area contributed by atoms with Gasteiger partial charge in [-0.2, -0.15) is 0 Å². The van der Waals surface area contributed by atoms with Gasteiger partial charge in [-0.25, -0.2) is 0 Å². The first-order valence-electron chi connectivity index (χ1n) is 7.26. The van der Waals surface area contributed by atoms with Crippen LogP contribution in [0.4, 0.5) is 0 Å². The van der Waals surface area contributed by atoms with Crippen LogP contribution >= 0.6 is 11.3 Å². The highest BCUT2D eigenvalue weighted by Gasteiger charge is 2.35. The van der Waals surface area contributed by atoms with Gasteiger partial charge >= 0.3 is 0 Å². The van der Waals surface area contributed by atoms with E-state index in [1.165, 1.54) is 37.2 Å². The zero-order chi connectivity index (χ0) is 13.1. The molecule has 3 heteroatoms. The molecule has 1 aliphatic heterocycles. The molecule has 0 bridgehead atoms. The molecule has 1 saturated heterocycles. The summed E-state index contributed by atoms with van der Waals surface area (Å²) >= 11 is 1.80. The second kappa shape index (κ2) is 6.09. The maximum atomic E-state index is 8.71. The summed E-state index contributed by atoms with van der Waals surface area (Å²) in [6, 6.07) is 4.32. The quantitative estimate of drug-likeness (QED) is 0.857. The molecule has 2 unspecified atom stereocenters. The molecule has 1 saturated carbocycles. The van der Waals surface area contributed by atoms with Crippen LogP contribution in [0.25, 0.3) is 0 Å². The van der Waals surface area contributed by atoms with E-state index in [1.807, 2.05) is 0 Å². The third kappa shape index (κ3) is 3.20. The van der Waals surface area contributed by atoms with Gasteiger partial charge < -0.3 is 5.11 Å². The third-order valence-electron chi connectivity index (χ3n) is 4.29. The minimum atomic E-state index is 0.155. The van der Waals surface area contributed by atoms with E-state index in [9.17, 15) is 0 Å². The van der Waals surface area contributed by atoms with Gasteiger partial charge in [0.2, 0.25) is 0 Å². The van der Waals surface area contributed by atoms with E-state index in [1.54, 1.807) is 11.3 Å². The largest absolute Gasteiger partial charge is 0.395 e. The average molecular weight is 275 g/mol. The number of hydrogen-bond donors (Lipinski definition) is 1. The standard InChI is InChI=1S/C16H21NOS/c18-9-2-1-6-15-7-8-16(19-15)12-17-10-13-4-3-5-14(13)11-17/h7-8,13-14,18H,2-5,9-12H2. The molecule has 1 aromatic heterocycles. The number of thiophene rings is 1. The average Bonchev–Trinajstić information content (AvgIpc) is 3.06. The van der Waals surface area contributed by atoms with Crippen LogP contribution in [-0.2, 0) is 6.54 Å². The van der Waals surface area contributed by atoms with Crippen LogP contribution < -0.4 is 0 Å². The Kier molecular flexibility index (Phi) is 4.22. The molecule has 102 valence electrons. The van der Waals surface area contributed by atoms with Crippen LogP contribution in [0.5, 0.6) is 0 Å². The Morgan fingerprint density at radius 2 is 2.05 bits per heavy atom. The number of likely N-dealkylation sites (tertiary alicyclic amines) is 1. The number of aliphatic hydroxyl groups is 1. The maximum absolute atomic E-state index is 8.71. The molecule has 1 aromatic rings. The highest BCUT2D eigenvalue weighted by atomic mass is 32.1. The van der Waals surface area contributed by atoms with Crippen molar-refractivity contribution < 1.29 is 5.11 Å². The lowest BCUT2D eigenvalue weighted by Gasteiger charge is -2.15. The van der Waals surface area contributed by atoms with Crippen molar-refractivity contribution in [1.82, 2.24) is 4.90 Å². The van der Waals surface area contributed by atoms with Crippen molar-refractivity contribution in [2.75, 3.05) is 19.7 Å². The molecule has 2 fully saturated rings. The smallest absolute Gasteiger partial charge is 0.0771 e. The summed E-state index contributed by atoms with van der Waals surface area (Å²) in [5, 5.41) is 8.71. The zero-order valence-corrected chi connectivity index (χ0v) is 12.1. The lowest BCUT2D eigenvalue weighted by atomic mass is 10.0. The Hall–Kier alpha value is -0.820. The molecule has 2 aliphatic rings. The highest BCUT2D eigenvalue weighted by Crippen LogP contribution is 2.38. The molecule has 1 aliphatic carbocycles. The molecule has 2 nitrogen and oxygen atoms in total. The van der Waals surface area contributed by atoms with Crippen LogP contribution in [0.3, 0.4) is 0 Å². The fourth-order valence-corrected chi connectivity index (χ4v) is 4.34. The van der Waals surface area contributed by atoms with Crippen molar-refractivity contribution in [1.29, 1.82) is 0 Å². The Bertz CT molecular complexity index is 472. The first-order valence-corrected chi connectivity index (χ1v) is 8.07. The van der Waals surface area contributed by atoms with Gasteiger partial charge in [0.25, 0.3) is 0 Å². The van der Waals surface area contributed by atoms with Gasteiger partial charge in [-0.15, -0.1) is 11.3 Å². The van der Waals surface area contributed by atoms with Gasteiger partial charge in [0.1, 0.15) is 0 Å². The number of hydrogen-bond acceptors (Lipinski definition) is 3. The van der Waals surface area contributed by atoms with Crippen molar-refractivity contribution >= 4 is 11.3 Å². The van der Waals surface area contributed by atoms with Crippen molar-refractivity contribution in [2.45, 2.75) is 32.2 Å². The molecule has 2 atom stereocenters. The van der Waals surface area contributed by atoms with Crippen molar-refractivity contribution in [3.63, 3.8) is 0 Å². The molecular weight excluding hydrogens is 254 g/mol.